The summed E-state index contributed by atoms with van der Waals surface area (Å²) in [7, 11) is 0. The number of nitrogens with one attached hydrogen (secondary N) is 1. The van der Waals surface area contributed by atoms with Gasteiger partial charge in [0.15, 0.2) is 0 Å². The highest BCUT2D eigenvalue weighted by molar-refractivity contribution is 5.87. The third-order valence-electron chi connectivity index (χ3n) is 8.34. The van der Waals surface area contributed by atoms with Crippen LogP contribution in [0.4, 0.5) is 13.2 Å². The SMILES string of the molecule is O=C(C[C@@]12C[C@@H](CN1)Oc1c(C#Cc3cncnc3)cncc12)C12CCC(C(F)(F)F)(CC1)C2. The molecule has 2 aromatic heterocycles. The molecule has 9 heteroatoms. The van der Waals surface area contributed by atoms with Gasteiger partial charge in [-0.15, -0.1) is 0 Å². The van der Waals surface area contributed by atoms with Crippen LogP contribution in [-0.2, 0) is 10.3 Å². The lowest BCUT2D eigenvalue weighted by Crippen LogP contribution is -2.43. The Labute approximate surface area is 194 Å². The van der Waals surface area contributed by atoms with Crippen molar-refractivity contribution in [1.82, 2.24) is 20.3 Å². The van der Waals surface area contributed by atoms with Gasteiger partial charge in [-0.2, -0.15) is 13.2 Å². The molecule has 4 aliphatic rings. The van der Waals surface area contributed by atoms with Crippen LogP contribution < -0.4 is 10.1 Å². The van der Waals surface area contributed by atoms with Crippen molar-refractivity contribution in [1.29, 1.82) is 0 Å². The van der Waals surface area contributed by atoms with Gasteiger partial charge in [0.2, 0.25) is 0 Å². The molecule has 2 aromatic rings. The fraction of sp³-hybridized carbons (Fsp3) is 0.520. The summed E-state index contributed by atoms with van der Waals surface area (Å²) < 4.78 is 47.5. The first kappa shape index (κ1) is 21.5. The van der Waals surface area contributed by atoms with Crippen molar-refractivity contribution < 1.29 is 22.7 Å². The van der Waals surface area contributed by atoms with E-state index < -0.39 is 22.5 Å². The fourth-order valence-corrected chi connectivity index (χ4v) is 6.47. The Balaban J connectivity index is 1.31. The highest BCUT2D eigenvalue weighted by Gasteiger charge is 2.68. The van der Waals surface area contributed by atoms with Gasteiger partial charge in [-0.1, -0.05) is 11.8 Å². The number of hydrogen-bond acceptors (Lipinski definition) is 6. The number of hydrogen-bond donors (Lipinski definition) is 1. The molecule has 2 aliphatic heterocycles. The fourth-order valence-electron chi connectivity index (χ4n) is 6.47. The molecule has 0 spiro atoms. The monoisotopic (exact) mass is 468 g/mol. The number of fused-ring (bicyclic) bond motifs is 6. The second-order valence-corrected chi connectivity index (χ2v) is 10.2. The number of pyridine rings is 1. The maximum Gasteiger partial charge on any atom is 0.394 e. The van der Waals surface area contributed by atoms with E-state index in [9.17, 15) is 18.0 Å². The molecule has 0 aromatic carbocycles. The Bertz CT molecular complexity index is 1210. The maximum absolute atomic E-state index is 13.8. The second-order valence-electron chi connectivity index (χ2n) is 10.2. The highest BCUT2D eigenvalue weighted by atomic mass is 19.4. The predicted molar refractivity (Wildman–Crippen MR) is 115 cm³/mol. The Kier molecular flexibility index (Phi) is 4.59. The van der Waals surface area contributed by atoms with Gasteiger partial charge in [0.05, 0.1) is 22.1 Å². The van der Waals surface area contributed by atoms with Crippen molar-refractivity contribution in [3.05, 3.63) is 47.8 Å². The molecule has 2 atom stereocenters. The van der Waals surface area contributed by atoms with E-state index in [0.717, 1.165) is 5.56 Å². The molecule has 0 amide bonds. The third-order valence-corrected chi connectivity index (χ3v) is 8.34. The number of carbonyl (C=O) groups is 1. The summed E-state index contributed by atoms with van der Waals surface area (Å²) in [6.07, 6.45) is 4.95. The number of carbonyl (C=O) groups excluding carboxylic acids is 1. The van der Waals surface area contributed by atoms with E-state index in [2.05, 4.69) is 32.1 Å². The van der Waals surface area contributed by atoms with E-state index in [1.54, 1.807) is 24.8 Å². The van der Waals surface area contributed by atoms with Crippen LogP contribution in [0.3, 0.4) is 0 Å². The van der Waals surface area contributed by atoms with Crippen molar-refractivity contribution in [2.75, 3.05) is 6.54 Å². The first-order chi connectivity index (χ1) is 16.2. The molecule has 0 radical (unpaired) electrons. The van der Waals surface area contributed by atoms with Crippen molar-refractivity contribution in [2.45, 2.75) is 62.8 Å². The van der Waals surface area contributed by atoms with Crippen LogP contribution in [0.1, 0.15) is 61.6 Å². The minimum Gasteiger partial charge on any atom is -0.487 e. The normalized spacial score (nSPS) is 33.1. The van der Waals surface area contributed by atoms with Gasteiger partial charge >= 0.3 is 6.18 Å². The topological polar surface area (TPSA) is 77.0 Å². The maximum atomic E-state index is 13.8. The Hall–Kier alpha value is -2.99. The van der Waals surface area contributed by atoms with Crippen LogP contribution in [0, 0.1) is 22.7 Å². The average Bonchev–Trinajstić information content (AvgIpc) is 3.51. The van der Waals surface area contributed by atoms with Crippen molar-refractivity contribution >= 4 is 5.78 Å². The van der Waals surface area contributed by atoms with Crippen LogP contribution in [0.5, 0.6) is 5.75 Å². The van der Waals surface area contributed by atoms with Gasteiger partial charge in [-0.3, -0.25) is 9.78 Å². The van der Waals surface area contributed by atoms with Gasteiger partial charge in [-0.05, 0) is 32.1 Å². The lowest BCUT2D eigenvalue weighted by atomic mass is 9.72. The summed E-state index contributed by atoms with van der Waals surface area (Å²) in [4.78, 5) is 25.9. The van der Waals surface area contributed by atoms with Gasteiger partial charge in [-0.25, -0.2) is 9.97 Å². The van der Waals surface area contributed by atoms with Crippen LogP contribution in [0.15, 0.2) is 31.1 Å². The Morgan fingerprint density at radius 2 is 1.85 bits per heavy atom. The highest BCUT2D eigenvalue weighted by Crippen LogP contribution is 2.68. The van der Waals surface area contributed by atoms with E-state index in [1.165, 1.54) is 6.33 Å². The first-order valence-corrected chi connectivity index (χ1v) is 11.5. The summed E-state index contributed by atoms with van der Waals surface area (Å²) in [5, 5.41) is 3.46. The Morgan fingerprint density at radius 1 is 1.09 bits per heavy atom. The number of nitrogens with zero attached hydrogens (tertiary/aromatic N) is 3. The van der Waals surface area contributed by atoms with E-state index >= 15 is 0 Å². The largest absolute Gasteiger partial charge is 0.487 e. The number of aromatic nitrogens is 3. The van der Waals surface area contributed by atoms with Crippen LogP contribution in [-0.4, -0.2) is 39.6 Å². The minimum absolute atomic E-state index is 0.0511. The molecule has 4 heterocycles. The van der Waals surface area contributed by atoms with Crippen molar-refractivity contribution in [2.24, 2.45) is 10.8 Å². The number of rotatable bonds is 3. The van der Waals surface area contributed by atoms with E-state index in [0.29, 0.717) is 42.7 Å². The summed E-state index contributed by atoms with van der Waals surface area (Å²) in [6, 6.07) is 0. The minimum atomic E-state index is -4.26. The second kappa shape index (κ2) is 7.25. The summed E-state index contributed by atoms with van der Waals surface area (Å²) >= 11 is 0. The molecule has 2 saturated carbocycles. The van der Waals surface area contributed by atoms with Gasteiger partial charge in [0.1, 0.15) is 24.0 Å². The quantitative estimate of drug-likeness (QED) is 0.693. The number of Topliss-reactive ketones (excluding diaryl/α,β-unsaturated/α-hetero) is 1. The number of ether oxygens (including phenoxy) is 1. The first-order valence-electron chi connectivity index (χ1n) is 11.5. The zero-order chi connectivity index (χ0) is 23.6. The summed E-state index contributed by atoms with van der Waals surface area (Å²) in [5.41, 5.74) is -1.26. The molecule has 3 fully saturated rings. The summed E-state index contributed by atoms with van der Waals surface area (Å²) in [6.45, 7) is 0.556. The van der Waals surface area contributed by atoms with Gasteiger partial charge in [0, 0.05) is 55.2 Å². The van der Waals surface area contributed by atoms with Crippen LogP contribution in [0.25, 0.3) is 0 Å². The molecule has 2 aliphatic carbocycles. The molecule has 176 valence electrons. The molecular formula is C25H23F3N4O2. The van der Waals surface area contributed by atoms with Crippen LogP contribution >= 0.6 is 0 Å². The molecule has 0 unspecified atom stereocenters. The van der Waals surface area contributed by atoms with Gasteiger partial charge < -0.3 is 10.1 Å². The predicted octanol–water partition coefficient (Wildman–Crippen LogP) is 3.69. The zero-order valence-corrected chi connectivity index (χ0v) is 18.4. The lowest BCUT2D eigenvalue weighted by Gasteiger charge is -2.37. The molecule has 1 N–H and O–H groups in total. The summed E-state index contributed by atoms with van der Waals surface area (Å²) in [5.74, 6) is 6.60. The standard InChI is InChI=1S/C25H23F3N4O2/c26-25(27,28)23-5-3-22(14-23,4-6-23)20(33)8-24-7-18(12-32-24)34-21-17(11-29-13-19(21)24)2-1-16-9-30-15-31-10-16/h9-11,13,15,18,32H,3-8,12,14H2/t18-,22?,23?,24+/m0/s1. The van der Waals surface area contributed by atoms with Crippen molar-refractivity contribution in [3.63, 3.8) is 0 Å². The molecule has 1 saturated heterocycles. The number of alkyl halides is 3. The van der Waals surface area contributed by atoms with Crippen LogP contribution in [0.2, 0.25) is 0 Å². The molecule has 34 heavy (non-hydrogen) atoms. The number of halogens is 3. The van der Waals surface area contributed by atoms with E-state index in [4.69, 9.17) is 4.74 Å². The van der Waals surface area contributed by atoms with Crippen molar-refractivity contribution in [3.8, 4) is 17.6 Å². The smallest absolute Gasteiger partial charge is 0.394 e. The lowest BCUT2D eigenvalue weighted by molar-refractivity contribution is -0.220. The van der Waals surface area contributed by atoms with E-state index in [1.807, 2.05) is 0 Å². The number of ketones is 1. The molecule has 4 bridgehead atoms. The molecular weight excluding hydrogens is 445 g/mol. The molecule has 6 rings (SSSR count). The average molecular weight is 468 g/mol. The third kappa shape index (κ3) is 3.15. The Morgan fingerprint density at radius 3 is 2.56 bits per heavy atom. The molecule has 6 nitrogen and oxygen atoms in total. The van der Waals surface area contributed by atoms with Gasteiger partial charge in [0.25, 0.3) is 0 Å². The van der Waals surface area contributed by atoms with E-state index in [-0.39, 0.29) is 37.6 Å². The zero-order valence-electron chi connectivity index (χ0n) is 18.4.